The molecule has 2 aromatic carbocycles. The molecule has 1 heterocycles. The predicted molar refractivity (Wildman–Crippen MR) is 104 cm³/mol. The summed E-state index contributed by atoms with van der Waals surface area (Å²) in [6.45, 7) is 4.73. The highest BCUT2D eigenvalue weighted by Crippen LogP contribution is 2.35. The Morgan fingerprint density at radius 2 is 1.81 bits per heavy atom. The van der Waals surface area contributed by atoms with Crippen LogP contribution in [0.5, 0.6) is 0 Å². The lowest BCUT2D eigenvalue weighted by atomic mass is 9.99. The zero-order chi connectivity index (χ0) is 19.1. The predicted octanol–water partition coefficient (Wildman–Crippen LogP) is 3.69. The van der Waals surface area contributed by atoms with Crippen LogP contribution >= 0.6 is 15.9 Å². The van der Waals surface area contributed by atoms with Gasteiger partial charge in [0.25, 0.3) is 5.91 Å². The molecule has 7 heteroatoms. The van der Waals surface area contributed by atoms with Gasteiger partial charge in [0.2, 0.25) is 10.0 Å². The summed E-state index contributed by atoms with van der Waals surface area (Å²) < 4.78 is 23.8. The Morgan fingerprint density at radius 1 is 1.15 bits per heavy atom. The molecule has 0 aromatic heterocycles. The van der Waals surface area contributed by atoms with Gasteiger partial charge in [-0.25, -0.2) is 13.6 Å². The van der Waals surface area contributed by atoms with Gasteiger partial charge in [-0.1, -0.05) is 29.3 Å². The zero-order valence-electron chi connectivity index (χ0n) is 14.7. The summed E-state index contributed by atoms with van der Waals surface area (Å²) >= 11 is 3.36. The smallest absolute Gasteiger partial charge is 0.255 e. The monoisotopic (exact) mass is 436 g/mol. The van der Waals surface area contributed by atoms with Crippen LogP contribution in [-0.2, 0) is 10.0 Å². The number of rotatable bonds is 3. The first-order chi connectivity index (χ1) is 12.2. The molecule has 1 atom stereocenters. The summed E-state index contributed by atoms with van der Waals surface area (Å²) in [7, 11) is -3.87. The van der Waals surface area contributed by atoms with Crippen LogP contribution in [0.2, 0.25) is 0 Å². The number of primary sulfonamides is 1. The molecule has 138 valence electrons. The van der Waals surface area contributed by atoms with Gasteiger partial charge in [0.1, 0.15) is 0 Å². The number of amides is 1. The second-order valence-corrected chi connectivity index (χ2v) is 9.18. The van der Waals surface area contributed by atoms with Gasteiger partial charge in [-0.3, -0.25) is 4.79 Å². The molecule has 0 saturated carbocycles. The first-order valence-electron chi connectivity index (χ1n) is 8.38. The molecule has 3 rings (SSSR count). The molecule has 1 aliphatic rings. The van der Waals surface area contributed by atoms with E-state index in [9.17, 15) is 13.2 Å². The van der Waals surface area contributed by atoms with Crippen LogP contribution in [0.1, 0.15) is 45.9 Å². The van der Waals surface area contributed by atoms with E-state index in [-0.39, 0.29) is 16.8 Å². The maximum absolute atomic E-state index is 13.2. The van der Waals surface area contributed by atoms with Crippen molar-refractivity contribution in [3.05, 3.63) is 63.1 Å². The zero-order valence-corrected chi connectivity index (χ0v) is 17.1. The minimum atomic E-state index is -3.87. The first-order valence-corrected chi connectivity index (χ1v) is 10.7. The van der Waals surface area contributed by atoms with Gasteiger partial charge in [0, 0.05) is 11.0 Å². The molecule has 26 heavy (non-hydrogen) atoms. The van der Waals surface area contributed by atoms with E-state index in [2.05, 4.69) is 34.1 Å². The van der Waals surface area contributed by atoms with E-state index < -0.39 is 10.0 Å². The average Bonchev–Trinajstić information content (AvgIpc) is 3.02. The van der Waals surface area contributed by atoms with Gasteiger partial charge in [-0.2, -0.15) is 0 Å². The second-order valence-electron chi connectivity index (χ2n) is 6.76. The molecule has 0 aliphatic carbocycles. The van der Waals surface area contributed by atoms with Crippen molar-refractivity contribution >= 4 is 31.9 Å². The van der Waals surface area contributed by atoms with E-state index in [4.69, 9.17) is 5.14 Å². The average molecular weight is 437 g/mol. The molecule has 2 aromatic rings. The summed E-state index contributed by atoms with van der Waals surface area (Å²) in [6, 6.07) is 10.6. The van der Waals surface area contributed by atoms with E-state index in [0.29, 0.717) is 16.6 Å². The number of benzene rings is 2. The van der Waals surface area contributed by atoms with Crippen LogP contribution in [0.4, 0.5) is 0 Å². The van der Waals surface area contributed by atoms with E-state index in [1.807, 2.05) is 18.7 Å². The number of likely N-dealkylation sites (tertiary alicyclic amines) is 1. The number of carbonyl (C=O) groups is 1. The second kappa shape index (κ2) is 7.13. The molecule has 0 bridgehead atoms. The Kier molecular flexibility index (Phi) is 5.23. The SMILES string of the molecule is Cc1cc(C)cc(C2CCCN2C(=O)c2cc(S(N)(=O)=O)ccc2Br)c1. The number of hydrogen-bond acceptors (Lipinski definition) is 3. The number of sulfonamides is 1. The van der Waals surface area contributed by atoms with Crippen molar-refractivity contribution in [2.75, 3.05) is 6.54 Å². The molecule has 5 nitrogen and oxygen atoms in total. The third-order valence-electron chi connectivity index (χ3n) is 4.64. The number of carbonyl (C=O) groups excluding carboxylic acids is 1. The lowest BCUT2D eigenvalue weighted by molar-refractivity contribution is 0.0734. The van der Waals surface area contributed by atoms with Crippen LogP contribution in [0, 0.1) is 13.8 Å². The molecule has 1 saturated heterocycles. The molecule has 1 fully saturated rings. The highest BCUT2D eigenvalue weighted by Gasteiger charge is 2.32. The van der Waals surface area contributed by atoms with Crippen molar-refractivity contribution in [3.8, 4) is 0 Å². The number of halogens is 1. The van der Waals surface area contributed by atoms with Gasteiger partial charge in [0.15, 0.2) is 0 Å². The molecule has 0 radical (unpaired) electrons. The number of hydrogen-bond donors (Lipinski definition) is 1. The Hall–Kier alpha value is -1.70. The number of nitrogens with zero attached hydrogens (tertiary/aromatic N) is 1. The maximum atomic E-state index is 13.2. The summed E-state index contributed by atoms with van der Waals surface area (Å²) in [5, 5.41) is 5.21. The Balaban J connectivity index is 1.99. The summed E-state index contributed by atoms with van der Waals surface area (Å²) in [5.74, 6) is -0.191. The Bertz CT molecular complexity index is 952. The molecular formula is C19H21BrN2O3S. The van der Waals surface area contributed by atoms with Crippen molar-refractivity contribution in [2.45, 2.75) is 37.6 Å². The molecule has 2 N–H and O–H groups in total. The van der Waals surface area contributed by atoms with Crippen LogP contribution < -0.4 is 5.14 Å². The van der Waals surface area contributed by atoms with Gasteiger partial charge >= 0.3 is 0 Å². The van der Waals surface area contributed by atoms with Crippen molar-refractivity contribution in [1.29, 1.82) is 0 Å². The Labute approximate surface area is 162 Å². The van der Waals surface area contributed by atoms with Gasteiger partial charge in [0.05, 0.1) is 16.5 Å². The highest BCUT2D eigenvalue weighted by molar-refractivity contribution is 9.10. The van der Waals surface area contributed by atoms with Crippen molar-refractivity contribution in [3.63, 3.8) is 0 Å². The summed E-state index contributed by atoms with van der Waals surface area (Å²) in [4.78, 5) is 14.9. The van der Waals surface area contributed by atoms with E-state index in [1.54, 1.807) is 6.07 Å². The summed E-state index contributed by atoms with van der Waals surface area (Å²) in [6.07, 6.45) is 1.80. The normalized spacial score (nSPS) is 17.5. The van der Waals surface area contributed by atoms with E-state index >= 15 is 0 Å². The van der Waals surface area contributed by atoms with Crippen molar-refractivity contribution in [1.82, 2.24) is 4.90 Å². The fourth-order valence-corrected chi connectivity index (χ4v) is 4.51. The topological polar surface area (TPSA) is 80.5 Å². The molecular weight excluding hydrogens is 416 g/mol. The largest absolute Gasteiger partial charge is 0.332 e. The van der Waals surface area contributed by atoms with Crippen LogP contribution in [-0.4, -0.2) is 25.8 Å². The third kappa shape index (κ3) is 3.84. The third-order valence-corrected chi connectivity index (χ3v) is 6.24. The first kappa shape index (κ1) is 19.1. The van der Waals surface area contributed by atoms with Gasteiger partial charge in [-0.15, -0.1) is 0 Å². The number of nitrogens with two attached hydrogens (primary N) is 1. The van der Waals surface area contributed by atoms with Crippen LogP contribution in [0.15, 0.2) is 45.8 Å². The maximum Gasteiger partial charge on any atom is 0.255 e. The minimum Gasteiger partial charge on any atom is -0.332 e. The Morgan fingerprint density at radius 3 is 2.42 bits per heavy atom. The quantitative estimate of drug-likeness (QED) is 0.796. The van der Waals surface area contributed by atoms with Gasteiger partial charge < -0.3 is 4.90 Å². The highest BCUT2D eigenvalue weighted by atomic mass is 79.9. The van der Waals surface area contributed by atoms with Crippen molar-refractivity contribution < 1.29 is 13.2 Å². The molecule has 1 unspecified atom stereocenters. The lowest BCUT2D eigenvalue weighted by Crippen LogP contribution is -2.31. The molecule has 0 spiro atoms. The lowest BCUT2D eigenvalue weighted by Gasteiger charge is -2.26. The molecule has 1 amide bonds. The van der Waals surface area contributed by atoms with Crippen LogP contribution in [0.25, 0.3) is 0 Å². The van der Waals surface area contributed by atoms with Gasteiger partial charge in [-0.05, 0) is 66.4 Å². The van der Waals surface area contributed by atoms with E-state index in [1.165, 1.54) is 12.1 Å². The van der Waals surface area contributed by atoms with E-state index in [0.717, 1.165) is 29.5 Å². The fourth-order valence-electron chi connectivity index (χ4n) is 3.56. The molecule has 1 aliphatic heterocycles. The number of aryl methyl sites for hydroxylation is 2. The summed E-state index contributed by atoms with van der Waals surface area (Å²) in [5.41, 5.74) is 3.76. The van der Waals surface area contributed by atoms with Crippen LogP contribution in [0.3, 0.4) is 0 Å². The fraction of sp³-hybridized carbons (Fsp3) is 0.316. The minimum absolute atomic E-state index is 0.00820. The van der Waals surface area contributed by atoms with Crippen molar-refractivity contribution in [2.24, 2.45) is 5.14 Å². The standard InChI is InChI=1S/C19H21BrN2O3S/c1-12-8-13(2)10-14(9-12)18-4-3-7-22(18)19(23)16-11-15(26(21,24)25)5-6-17(16)20/h5-6,8-11,18H,3-4,7H2,1-2H3,(H2,21,24,25).